The van der Waals surface area contributed by atoms with Gasteiger partial charge in [-0.25, -0.2) is 4.98 Å². The molecule has 112 valence electrons. The Bertz CT molecular complexity index is 692. The average molecular weight is 307 g/mol. The van der Waals surface area contributed by atoms with E-state index in [1.165, 1.54) is 0 Å². The Morgan fingerprint density at radius 1 is 1.38 bits per heavy atom. The lowest BCUT2D eigenvalue weighted by molar-refractivity contribution is 0.177. The molecule has 0 amide bonds. The van der Waals surface area contributed by atoms with Gasteiger partial charge < -0.3 is 10.7 Å². The molecule has 1 aliphatic rings. The molecule has 0 atom stereocenters. The first-order valence-corrected chi connectivity index (χ1v) is 7.64. The van der Waals surface area contributed by atoms with Gasteiger partial charge in [0.2, 0.25) is 0 Å². The van der Waals surface area contributed by atoms with E-state index in [-0.39, 0.29) is 5.56 Å². The molecule has 3 rings (SSSR count). The summed E-state index contributed by atoms with van der Waals surface area (Å²) in [6, 6.07) is 5.20. The highest BCUT2D eigenvalue weighted by atomic mass is 35.5. The highest BCUT2D eigenvalue weighted by molar-refractivity contribution is 6.31. The zero-order chi connectivity index (χ0) is 14.8. The summed E-state index contributed by atoms with van der Waals surface area (Å²) in [7, 11) is 0. The van der Waals surface area contributed by atoms with Gasteiger partial charge in [0.1, 0.15) is 5.82 Å². The number of H-pyrrole nitrogens is 1. The topological polar surface area (TPSA) is 75.0 Å². The minimum atomic E-state index is -0.130. The van der Waals surface area contributed by atoms with E-state index >= 15 is 0 Å². The van der Waals surface area contributed by atoms with Gasteiger partial charge >= 0.3 is 0 Å². The lowest BCUT2D eigenvalue weighted by atomic mass is 9.97. The maximum absolute atomic E-state index is 12.1. The molecule has 21 heavy (non-hydrogen) atoms. The first kappa shape index (κ1) is 14.5. The van der Waals surface area contributed by atoms with Gasteiger partial charge in [-0.3, -0.25) is 9.69 Å². The van der Waals surface area contributed by atoms with Gasteiger partial charge in [0.05, 0.1) is 17.4 Å². The van der Waals surface area contributed by atoms with Crippen molar-refractivity contribution in [2.24, 2.45) is 11.7 Å². The summed E-state index contributed by atoms with van der Waals surface area (Å²) in [5.74, 6) is 1.34. The quantitative estimate of drug-likeness (QED) is 0.906. The van der Waals surface area contributed by atoms with Crippen molar-refractivity contribution in [3.05, 3.63) is 39.4 Å². The van der Waals surface area contributed by atoms with Crippen LogP contribution in [-0.4, -0.2) is 34.5 Å². The van der Waals surface area contributed by atoms with E-state index in [4.69, 9.17) is 17.3 Å². The molecule has 6 heteroatoms. The monoisotopic (exact) mass is 306 g/mol. The number of aromatic amines is 1. The van der Waals surface area contributed by atoms with Crippen molar-refractivity contribution < 1.29 is 0 Å². The number of hydrogen-bond acceptors (Lipinski definition) is 4. The number of nitrogens with two attached hydrogens (primary N) is 1. The Kier molecular flexibility index (Phi) is 4.24. The predicted octanol–water partition coefficient (Wildman–Crippen LogP) is 1.75. The second-order valence-electron chi connectivity index (χ2n) is 5.63. The van der Waals surface area contributed by atoms with Crippen molar-refractivity contribution in [3.63, 3.8) is 0 Å². The fourth-order valence-electron chi connectivity index (χ4n) is 2.83. The zero-order valence-corrected chi connectivity index (χ0v) is 12.6. The standard InChI is InChI=1S/C15H19ClN4O/c16-11-1-2-13-12(7-11)15(21)19-14(18-13)9-20-5-3-10(8-17)4-6-20/h1-2,7,10H,3-6,8-9,17H2,(H,18,19,21). The fourth-order valence-corrected chi connectivity index (χ4v) is 3.00. The van der Waals surface area contributed by atoms with Gasteiger partial charge in [0.25, 0.3) is 5.56 Å². The third-order valence-corrected chi connectivity index (χ3v) is 4.37. The summed E-state index contributed by atoms with van der Waals surface area (Å²) in [6.07, 6.45) is 2.23. The van der Waals surface area contributed by atoms with Crippen molar-refractivity contribution in [3.8, 4) is 0 Å². The maximum Gasteiger partial charge on any atom is 0.258 e. The minimum absolute atomic E-state index is 0.130. The molecule has 0 radical (unpaired) electrons. The van der Waals surface area contributed by atoms with Crippen molar-refractivity contribution >= 4 is 22.5 Å². The first-order chi connectivity index (χ1) is 10.2. The van der Waals surface area contributed by atoms with Crippen LogP contribution < -0.4 is 11.3 Å². The van der Waals surface area contributed by atoms with Crippen molar-refractivity contribution in [1.29, 1.82) is 0 Å². The van der Waals surface area contributed by atoms with Gasteiger partial charge in [-0.1, -0.05) is 11.6 Å². The average Bonchev–Trinajstić information content (AvgIpc) is 2.49. The van der Waals surface area contributed by atoms with Gasteiger partial charge in [-0.05, 0) is 56.6 Å². The number of hydrogen-bond donors (Lipinski definition) is 2. The Morgan fingerprint density at radius 3 is 2.86 bits per heavy atom. The van der Waals surface area contributed by atoms with Crippen LogP contribution in [0.5, 0.6) is 0 Å². The second-order valence-corrected chi connectivity index (χ2v) is 6.07. The third-order valence-electron chi connectivity index (χ3n) is 4.13. The number of piperidine rings is 1. The number of likely N-dealkylation sites (tertiary alicyclic amines) is 1. The van der Waals surface area contributed by atoms with Crippen LogP contribution in [0.1, 0.15) is 18.7 Å². The van der Waals surface area contributed by atoms with Gasteiger partial charge in [0.15, 0.2) is 0 Å². The lowest BCUT2D eigenvalue weighted by Crippen LogP contribution is -2.36. The van der Waals surface area contributed by atoms with Crippen LogP contribution in [-0.2, 0) is 6.54 Å². The Balaban J connectivity index is 1.79. The van der Waals surface area contributed by atoms with E-state index in [9.17, 15) is 4.79 Å². The summed E-state index contributed by atoms with van der Waals surface area (Å²) in [6.45, 7) is 3.44. The molecule has 0 bridgehead atoms. The number of fused-ring (bicyclic) bond motifs is 1. The minimum Gasteiger partial charge on any atom is -0.330 e. The number of nitrogens with zero attached hydrogens (tertiary/aromatic N) is 2. The summed E-state index contributed by atoms with van der Waals surface area (Å²) < 4.78 is 0. The molecule has 5 nitrogen and oxygen atoms in total. The van der Waals surface area contributed by atoms with Crippen LogP contribution in [0, 0.1) is 5.92 Å². The first-order valence-electron chi connectivity index (χ1n) is 7.26. The third kappa shape index (κ3) is 3.26. The van der Waals surface area contributed by atoms with E-state index in [0.717, 1.165) is 32.5 Å². The molecular formula is C15H19ClN4O. The van der Waals surface area contributed by atoms with E-state index in [1.54, 1.807) is 18.2 Å². The van der Waals surface area contributed by atoms with Gasteiger partial charge in [-0.2, -0.15) is 0 Å². The van der Waals surface area contributed by atoms with Crippen molar-refractivity contribution in [1.82, 2.24) is 14.9 Å². The molecule has 0 spiro atoms. The number of nitrogens with one attached hydrogen (secondary N) is 1. The van der Waals surface area contributed by atoms with Crippen LogP contribution in [0.15, 0.2) is 23.0 Å². The Morgan fingerprint density at radius 2 is 2.14 bits per heavy atom. The number of benzene rings is 1. The molecule has 2 aromatic rings. The molecule has 3 N–H and O–H groups in total. The van der Waals surface area contributed by atoms with E-state index in [2.05, 4.69) is 14.9 Å². The molecule has 0 aliphatic carbocycles. The molecule has 1 aromatic carbocycles. The molecule has 0 unspecified atom stereocenters. The van der Waals surface area contributed by atoms with Crippen molar-refractivity contribution in [2.75, 3.05) is 19.6 Å². The summed E-state index contributed by atoms with van der Waals surface area (Å²) >= 11 is 5.91. The largest absolute Gasteiger partial charge is 0.330 e. The SMILES string of the molecule is NCC1CCN(Cc2nc3ccc(Cl)cc3c(=O)[nH]2)CC1. The smallest absolute Gasteiger partial charge is 0.258 e. The zero-order valence-electron chi connectivity index (χ0n) is 11.8. The fraction of sp³-hybridized carbons (Fsp3) is 0.467. The van der Waals surface area contributed by atoms with Gasteiger partial charge in [0, 0.05) is 5.02 Å². The van der Waals surface area contributed by atoms with E-state index in [1.807, 2.05) is 0 Å². The number of rotatable bonds is 3. The van der Waals surface area contributed by atoms with Crippen LogP contribution >= 0.6 is 11.6 Å². The number of aromatic nitrogens is 2. The molecule has 1 fully saturated rings. The molecule has 1 saturated heterocycles. The Hall–Kier alpha value is -1.43. The van der Waals surface area contributed by atoms with Gasteiger partial charge in [-0.15, -0.1) is 0 Å². The summed E-state index contributed by atoms with van der Waals surface area (Å²) in [5.41, 5.74) is 6.27. The van der Waals surface area contributed by atoms with E-state index < -0.39 is 0 Å². The molecule has 2 heterocycles. The van der Waals surface area contributed by atoms with Crippen LogP contribution in [0.3, 0.4) is 0 Å². The normalized spacial score (nSPS) is 17.4. The highest BCUT2D eigenvalue weighted by Gasteiger charge is 2.18. The summed E-state index contributed by atoms with van der Waals surface area (Å²) in [4.78, 5) is 21.8. The number of halogens is 1. The van der Waals surface area contributed by atoms with Crippen LogP contribution in [0.25, 0.3) is 10.9 Å². The lowest BCUT2D eigenvalue weighted by Gasteiger charge is -2.30. The van der Waals surface area contributed by atoms with Crippen molar-refractivity contribution in [2.45, 2.75) is 19.4 Å². The maximum atomic E-state index is 12.1. The highest BCUT2D eigenvalue weighted by Crippen LogP contribution is 2.18. The molecule has 1 aromatic heterocycles. The predicted molar refractivity (Wildman–Crippen MR) is 84.4 cm³/mol. The van der Waals surface area contributed by atoms with E-state index in [0.29, 0.717) is 34.2 Å². The molecule has 1 aliphatic heterocycles. The Labute approximate surface area is 128 Å². The molecular weight excluding hydrogens is 288 g/mol. The summed E-state index contributed by atoms with van der Waals surface area (Å²) in [5, 5.41) is 1.08. The van der Waals surface area contributed by atoms with Crippen LogP contribution in [0.4, 0.5) is 0 Å². The van der Waals surface area contributed by atoms with Crippen LogP contribution in [0.2, 0.25) is 5.02 Å². The molecule has 0 saturated carbocycles. The second kappa shape index (κ2) is 6.13.